The topological polar surface area (TPSA) is 110 Å². The second kappa shape index (κ2) is 8.19. The molecule has 0 atom stereocenters. The van der Waals surface area contributed by atoms with E-state index in [2.05, 4.69) is 14.9 Å². The molecule has 0 amide bonds. The van der Waals surface area contributed by atoms with E-state index in [1.807, 2.05) is 0 Å². The van der Waals surface area contributed by atoms with E-state index in [0.29, 0.717) is 0 Å². The van der Waals surface area contributed by atoms with Crippen molar-refractivity contribution in [1.82, 2.24) is 14.9 Å². The lowest BCUT2D eigenvalue weighted by Gasteiger charge is -2.16. The molecule has 0 unspecified atom stereocenters. The highest BCUT2D eigenvalue weighted by Crippen LogP contribution is 2.40. The Balaban J connectivity index is 2.31. The van der Waals surface area contributed by atoms with Crippen LogP contribution < -0.4 is 19.8 Å². The van der Waals surface area contributed by atoms with Gasteiger partial charge in [0.15, 0.2) is 11.5 Å². The molecule has 1 aromatic heterocycles. The fourth-order valence-electron chi connectivity index (χ4n) is 3.11. The van der Waals surface area contributed by atoms with Crippen LogP contribution in [-0.4, -0.2) is 39.9 Å². The Morgan fingerprint density at radius 2 is 1.68 bits per heavy atom. The zero-order valence-corrected chi connectivity index (χ0v) is 17.4. The number of rotatable bonds is 6. The van der Waals surface area contributed by atoms with Crippen molar-refractivity contribution in [2.75, 3.05) is 21.3 Å². The highest BCUT2D eigenvalue weighted by Gasteiger charge is 2.35. The van der Waals surface area contributed by atoms with Gasteiger partial charge < -0.3 is 9.47 Å². The molecule has 3 rings (SSSR count). The third-order valence-corrected chi connectivity index (χ3v) is 5.94. The summed E-state index contributed by atoms with van der Waals surface area (Å²) in [7, 11) is 0.103. The summed E-state index contributed by atoms with van der Waals surface area (Å²) in [5, 5.41) is 6.20. The second-order valence-electron chi connectivity index (χ2n) is 6.50. The molecule has 0 bridgehead atoms. The van der Waals surface area contributed by atoms with Crippen LogP contribution in [-0.2, 0) is 22.0 Å². The molecule has 0 aliphatic heterocycles. The largest absolute Gasteiger partial charge is 0.493 e. The van der Waals surface area contributed by atoms with Gasteiger partial charge in [0.25, 0.3) is 5.56 Å². The molecule has 0 saturated carbocycles. The summed E-state index contributed by atoms with van der Waals surface area (Å²) in [5.74, 6) is -0.201. The number of H-pyrrole nitrogens is 1. The zero-order valence-electron chi connectivity index (χ0n) is 16.6. The molecule has 0 spiro atoms. The maximum Gasteiger partial charge on any atom is 0.417 e. The SMILES string of the molecule is CNS(=O)(=O)Cc1ccc(-c2n[nH]c(=O)c3cc(OC)c(OC)cc23)c(C(F)(F)F)c1. The smallest absolute Gasteiger partial charge is 0.417 e. The van der Waals surface area contributed by atoms with Gasteiger partial charge in [0.2, 0.25) is 10.0 Å². The highest BCUT2D eigenvalue weighted by molar-refractivity contribution is 7.88. The number of ether oxygens (including phenoxy) is 2. The van der Waals surface area contributed by atoms with E-state index in [1.165, 1.54) is 39.5 Å². The van der Waals surface area contributed by atoms with Gasteiger partial charge in [-0.1, -0.05) is 12.1 Å². The van der Waals surface area contributed by atoms with Gasteiger partial charge in [-0.2, -0.15) is 18.3 Å². The number of methoxy groups -OCH3 is 2. The lowest BCUT2D eigenvalue weighted by molar-refractivity contribution is -0.137. The van der Waals surface area contributed by atoms with Gasteiger partial charge in [-0.3, -0.25) is 4.79 Å². The van der Waals surface area contributed by atoms with Crippen LogP contribution >= 0.6 is 0 Å². The first-order chi connectivity index (χ1) is 14.5. The quantitative estimate of drug-likeness (QED) is 0.589. The number of benzene rings is 2. The zero-order chi connectivity index (χ0) is 23.0. The second-order valence-corrected chi connectivity index (χ2v) is 8.42. The van der Waals surface area contributed by atoms with Crippen LogP contribution in [0.5, 0.6) is 11.5 Å². The summed E-state index contributed by atoms with van der Waals surface area (Å²) < 4.78 is 77.5. The molecule has 0 aliphatic rings. The molecule has 0 fully saturated rings. The minimum atomic E-state index is -4.81. The van der Waals surface area contributed by atoms with Crippen molar-refractivity contribution in [3.05, 3.63) is 51.8 Å². The van der Waals surface area contributed by atoms with E-state index < -0.39 is 33.1 Å². The van der Waals surface area contributed by atoms with Crippen LogP contribution in [0.2, 0.25) is 0 Å². The number of hydrogen-bond acceptors (Lipinski definition) is 6. The normalized spacial score (nSPS) is 12.2. The number of alkyl halides is 3. The number of nitrogens with one attached hydrogen (secondary N) is 2. The summed E-state index contributed by atoms with van der Waals surface area (Å²) in [6, 6.07) is 5.85. The van der Waals surface area contributed by atoms with Crippen LogP contribution in [0, 0.1) is 0 Å². The average Bonchev–Trinajstić information content (AvgIpc) is 2.72. The molecule has 1 heterocycles. The minimum absolute atomic E-state index is 0.0533. The Kier molecular flexibility index (Phi) is 5.96. The maximum absolute atomic E-state index is 13.9. The van der Waals surface area contributed by atoms with Crippen molar-refractivity contribution >= 4 is 20.8 Å². The molecule has 2 aromatic carbocycles. The molecule has 2 N–H and O–H groups in total. The van der Waals surface area contributed by atoms with Crippen molar-refractivity contribution in [2.24, 2.45) is 0 Å². The number of halogens is 3. The summed E-state index contributed by atoms with van der Waals surface area (Å²) in [6.07, 6.45) is -4.81. The Labute approximate surface area is 175 Å². The van der Waals surface area contributed by atoms with Crippen molar-refractivity contribution in [2.45, 2.75) is 11.9 Å². The molecule has 0 radical (unpaired) electrons. The number of fused-ring (bicyclic) bond motifs is 1. The van der Waals surface area contributed by atoms with Crippen molar-refractivity contribution in [3.63, 3.8) is 0 Å². The molecular formula is C19H18F3N3O5S. The third kappa shape index (κ3) is 4.49. The highest BCUT2D eigenvalue weighted by atomic mass is 32.2. The van der Waals surface area contributed by atoms with E-state index in [-0.39, 0.29) is 39.1 Å². The lowest BCUT2D eigenvalue weighted by atomic mass is 9.97. The minimum Gasteiger partial charge on any atom is -0.493 e. The van der Waals surface area contributed by atoms with Gasteiger partial charge in [-0.15, -0.1) is 0 Å². The standard InChI is InChI=1S/C19H18F3N3O5S/c1-23-31(27,28)9-10-4-5-11(14(6-10)19(20,21)22)17-12-7-15(29-2)16(30-3)8-13(12)18(26)25-24-17/h4-8,23H,9H2,1-3H3,(H,25,26). The number of sulfonamides is 1. The van der Waals surface area contributed by atoms with E-state index in [9.17, 15) is 26.4 Å². The molecule has 8 nitrogen and oxygen atoms in total. The summed E-state index contributed by atoms with van der Waals surface area (Å²) >= 11 is 0. The Morgan fingerprint density at radius 3 is 2.23 bits per heavy atom. The van der Waals surface area contributed by atoms with Crippen LogP contribution in [0.1, 0.15) is 11.1 Å². The van der Waals surface area contributed by atoms with Crippen LogP contribution in [0.25, 0.3) is 22.0 Å². The monoisotopic (exact) mass is 457 g/mol. The van der Waals surface area contributed by atoms with Crippen LogP contribution in [0.15, 0.2) is 35.1 Å². The molecule has 0 saturated heterocycles. The summed E-state index contributed by atoms with van der Waals surface area (Å²) in [5.41, 5.74) is -2.24. The van der Waals surface area contributed by atoms with Gasteiger partial charge in [-0.25, -0.2) is 18.2 Å². The van der Waals surface area contributed by atoms with Gasteiger partial charge in [0, 0.05) is 10.9 Å². The first-order valence-electron chi connectivity index (χ1n) is 8.77. The number of aromatic nitrogens is 2. The molecule has 12 heteroatoms. The van der Waals surface area contributed by atoms with Gasteiger partial charge >= 0.3 is 6.18 Å². The van der Waals surface area contributed by atoms with Crippen molar-refractivity contribution < 1.29 is 31.1 Å². The van der Waals surface area contributed by atoms with Crippen LogP contribution in [0.4, 0.5) is 13.2 Å². The fraction of sp³-hybridized carbons (Fsp3) is 0.263. The van der Waals surface area contributed by atoms with E-state index in [0.717, 1.165) is 12.1 Å². The van der Waals surface area contributed by atoms with Crippen molar-refractivity contribution in [3.8, 4) is 22.8 Å². The van der Waals surface area contributed by atoms with Gasteiger partial charge in [0.05, 0.1) is 36.6 Å². The Bertz CT molecular complexity index is 1300. The Morgan fingerprint density at radius 1 is 1.06 bits per heavy atom. The lowest BCUT2D eigenvalue weighted by Crippen LogP contribution is -2.21. The molecular weight excluding hydrogens is 439 g/mol. The van der Waals surface area contributed by atoms with Crippen molar-refractivity contribution in [1.29, 1.82) is 0 Å². The van der Waals surface area contributed by atoms with E-state index in [1.54, 1.807) is 0 Å². The number of nitrogens with zero attached hydrogens (tertiary/aromatic N) is 1. The predicted octanol–water partition coefficient (Wildman–Crippen LogP) is 2.68. The van der Waals surface area contributed by atoms with Gasteiger partial charge in [0.1, 0.15) is 0 Å². The summed E-state index contributed by atoms with van der Waals surface area (Å²) in [4.78, 5) is 12.2. The van der Waals surface area contributed by atoms with E-state index in [4.69, 9.17) is 9.47 Å². The fourth-order valence-corrected chi connectivity index (χ4v) is 3.87. The maximum atomic E-state index is 13.9. The Hall–Kier alpha value is -3.12. The molecule has 3 aromatic rings. The summed E-state index contributed by atoms with van der Waals surface area (Å²) in [6.45, 7) is 0. The first-order valence-corrected chi connectivity index (χ1v) is 10.4. The van der Waals surface area contributed by atoms with Crippen LogP contribution in [0.3, 0.4) is 0 Å². The average molecular weight is 457 g/mol. The molecule has 31 heavy (non-hydrogen) atoms. The molecule has 166 valence electrons. The van der Waals surface area contributed by atoms with Gasteiger partial charge in [-0.05, 0) is 30.8 Å². The number of aromatic amines is 1. The third-order valence-electron chi connectivity index (χ3n) is 4.60. The number of hydrogen-bond donors (Lipinski definition) is 2. The predicted molar refractivity (Wildman–Crippen MR) is 108 cm³/mol. The first kappa shape index (κ1) is 22.6. The van der Waals surface area contributed by atoms with E-state index >= 15 is 0 Å². The molecule has 0 aliphatic carbocycles.